The largest absolute Gasteiger partial charge is 0.322 e. The summed E-state index contributed by atoms with van der Waals surface area (Å²) in [5.41, 5.74) is 1.20. The molecule has 0 aliphatic rings. The molecule has 18 heavy (non-hydrogen) atoms. The van der Waals surface area contributed by atoms with Crippen LogP contribution in [0.25, 0.3) is 0 Å². The highest BCUT2D eigenvalue weighted by Crippen LogP contribution is 2.22. The Morgan fingerprint density at radius 3 is 2.72 bits per heavy atom. The van der Waals surface area contributed by atoms with Crippen molar-refractivity contribution in [2.24, 2.45) is 0 Å². The van der Waals surface area contributed by atoms with E-state index in [1.165, 1.54) is 0 Å². The number of rotatable bonds is 2. The lowest BCUT2D eigenvalue weighted by atomic mass is 10.2. The third-order valence-corrected chi connectivity index (χ3v) is 3.75. The van der Waals surface area contributed by atoms with Crippen molar-refractivity contribution in [1.29, 1.82) is 0 Å². The Morgan fingerprint density at radius 2 is 2.00 bits per heavy atom. The Labute approximate surface area is 132 Å². The molecule has 0 spiro atoms. The highest BCUT2D eigenvalue weighted by Gasteiger charge is 2.11. The Hall–Kier alpha value is -0.590. The predicted molar refractivity (Wildman–Crippen MR) is 86.3 cm³/mol. The van der Waals surface area contributed by atoms with Crippen molar-refractivity contribution in [3.05, 3.63) is 61.1 Å². The Morgan fingerprint density at radius 1 is 1.22 bits per heavy atom. The van der Waals surface area contributed by atoms with Crippen LogP contribution in [0.2, 0.25) is 5.02 Å². The van der Waals surface area contributed by atoms with Gasteiger partial charge in [0.15, 0.2) is 0 Å². The van der Waals surface area contributed by atoms with Crippen LogP contribution < -0.4 is 5.32 Å². The second kappa shape index (κ2) is 6.04. The van der Waals surface area contributed by atoms with Crippen LogP contribution in [0.1, 0.15) is 10.4 Å². The molecular weight excluding hydrogens is 428 g/mol. The van der Waals surface area contributed by atoms with Crippen LogP contribution in [-0.4, -0.2) is 5.91 Å². The molecule has 0 bridgehead atoms. The maximum absolute atomic E-state index is 12.1. The van der Waals surface area contributed by atoms with Crippen LogP contribution in [0.4, 0.5) is 5.69 Å². The number of benzene rings is 2. The zero-order valence-electron chi connectivity index (χ0n) is 9.08. The monoisotopic (exact) mass is 435 g/mol. The summed E-state index contributed by atoms with van der Waals surface area (Å²) in [5, 5.41) is 3.25. The SMILES string of the molecule is O=C(Nc1cccc(I)c1)c1cc(Br)ccc1Cl. The molecule has 0 saturated carbocycles. The minimum atomic E-state index is -0.219. The number of hydrogen-bond donors (Lipinski definition) is 1. The van der Waals surface area contributed by atoms with Gasteiger partial charge in [0.1, 0.15) is 0 Å². The Balaban J connectivity index is 2.24. The van der Waals surface area contributed by atoms with Crippen molar-refractivity contribution < 1.29 is 4.79 Å². The highest BCUT2D eigenvalue weighted by atomic mass is 127. The van der Waals surface area contributed by atoms with Crippen LogP contribution in [0.5, 0.6) is 0 Å². The van der Waals surface area contributed by atoms with E-state index in [2.05, 4.69) is 43.8 Å². The van der Waals surface area contributed by atoms with E-state index in [4.69, 9.17) is 11.6 Å². The lowest BCUT2D eigenvalue weighted by molar-refractivity contribution is 0.102. The van der Waals surface area contributed by atoms with E-state index in [0.29, 0.717) is 10.6 Å². The molecule has 2 rings (SSSR count). The molecule has 2 aromatic rings. The van der Waals surface area contributed by atoms with Crippen molar-refractivity contribution >= 4 is 61.7 Å². The zero-order chi connectivity index (χ0) is 13.1. The minimum Gasteiger partial charge on any atom is -0.322 e. The average Bonchev–Trinajstić information content (AvgIpc) is 2.32. The molecule has 0 aliphatic carbocycles. The van der Waals surface area contributed by atoms with Gasteiger partial charge in [0.25, 0.3) is 5.91 Å². The molecule has 0 unspecified atom stereocenters. The molecule has 92 valence electrons. The maximum atomic E-state index is 12.1. The highest BCUT2D eigenvalue weighted by molar-refractivity contribution is 14.1. The number of amides is 1. The molecule has 1 amide bonds. The van der Waals surface area contributed by atoms with Crippen LogP contribution in [-0.2, 0) is 0 Å². The summed E-state index contributed by atoms with van der Waals surface area (Å²) >= 11 is 11.5. The molecule has 2 aromatic carbocycles. The van der Waals surface area contributed by atoms with Crippen LogP contribution >= 0.6 is 50.1 Å². The lowest BCUT2D eigenvalue weighted by Gasteiger charge is -2.07. The van der Waals surface area contributed by atoms with Crippen molar-refractivity contribution in [3.8, 4) is 0 Å². The van der Waals surface area contributed by atoms with E-state index >= 15 is 0 Å². The minimum absolute atomic E-state index is 0.219. The van der Waals surface area contributed by atoms with E-state index in [-0.39, 0.29) is 5.91 Å². The first-order chi connectivity index (χ1) is 8.56. The number of halogens is 3. The molecule has 0 aromatic heterocycles. The van der Waals surface area contributed by atoms with Crippen molar-refractivity contribution in [1.82, 2.24) is 0 Å². The van der Waals surface area contributed by atoms with Crippen LogP contribution in [0, 0.1) is 3.57 Å². The first-order valence-electron chi connectivity index (χ1n) is 5.08. The predicted octanol–water partition coefficient (Wildman–Crippen LogP) is 4.96. The van der Waals surface area contributed by atoms with Gasteiger partial charge < -0.3 is 5.32 Å². The number of carbonyl (C=O) groups is 1. The van der Waals surface area contributed by atoms with Gasteiger partial charge in [-0.25, -0.2) is 0 Å². The summed E-state index contributed by atoms with van der Waals surface area (Å²) < 4.78 is 1.88. The first kappa shape index (κ1) is 13.8. The summed E-state index contributed by atoms with van der Waals surface area (Å²) in [6.45, 7) is 0. The van der Waals surface area contributed by atoms with Gasteiger partial charge >= 0.3 is 0 Å². The van der Waals surface area contributed by atoms with Crippen molar-refractivity contribution in [2.45, 2.75) is 0 Å². The van der Waals surface area contributed by atoms with Crippen molar-refractivity contribution in [3.63, 3.8) is 0 Å². The van der Waals surface area contributed by atoms with E-state index in [1.54, 1.807) is 18.2 Å². The van der Waals surface area contributed by atoms with Gasteiger partial charge in [0.2, 0.25) is 0 Å². The van der Waals surface area contributed by atoms with E-state index in [1.807, 2.05) is 24.3 Å². The second-order valence-corrected chi connectivity index (χ2v) is 6.16. The summed E-state index contributed by atoms with van der Waals surface area (Å²) in [6.07, 6.45) is 0. The zero-order valence-corrected chi connectivity index (χ0v) is 13.6. The third kappa shape index (κ3) is 3.46. The fourth-order valence-corrected chi connectivity index (χ4v) is 2.54. The first-order valence-corrected chi connectivity index (χ1v) is 7.33. The number of hydrogen-bond acceptors (Lipinski definition) is 1. The van der Waals surface area contributed by atoms with Gasteiger partial charge in [0.05, 0.1) is 10.6 Å². The molecule has 0 fully saturated rings. The molecule has 1 N–H and O–H groups in total. The summed E-state index contributed by atoms with van der Waals surface area (Å²) in [6, 6.07) is 12.8. The van der Waals surface area contributed by atoms with Crippen LogP contribution in [0.3, 0.4) is 0 Å². The Kier molecular flexibility index (Phi) is 4.64. The summed E-state index contributed by atoms with van der Waals surface area (Å²) in [7, 11) is 0. The standard InChI is InChI=1S/C13H8BrClINO/c14-8-4-5-12(15)11(6-8)13(18)17-10-3-1-2-9(16)7-10/h1-7H,(H,17,18). The smallest absolute Gasteiger partial charge is 0.257 e. The molecular formula is C13H8BrClINO. The lowest BCUT2D eigenvalue weighted by Crippen LogP contribution is -2.12. The van der Waals surface area contributed by atoms with Gasteiger partial charge in [0, 0.05) is 13.7 Å². The van der Waals surface area contributed by atoms with E-state index < -0.39 is 0 Å². The topological polar surface area (TPSA) is 29.1 Å². The normalized spacial score (nSPS) is 10.2. The molecule has 0 atom stereocenters. The van der Waals surface area contributed by atoms with E-state index in [0.717, 1.165) is 13.7 Å². The fraction of sp³-hybridized carbons (Fsp3) is 0. The number of nitrogens with one attached hydrogen (secondary N) is 1. The molecule has 5 heteroatoms. The maximum Gasteiger partial charge on any atom is 0.257 e. The van der Waals surface area contributed by atoms with E-state index in [9.17, 15) is 4.79 Å². The van der Waals surface area contributed by atoms with Gasteiger partial charge in [-0.05, 0) is 59.0 Å². The average molecular weight is 436 g/mol. The quantitative estimate of drug-likeness (QED) is 0.663. The molecule has 0 aliphatic heterocycles. The third-order valence-electron chi connectivity index (χ3n) is 2.26. The number of carbonyl (C=O) groups excluding carboxylic acids is 1. The van der Waals surface area contributed by atoms with Crippen LogP contribution in [0.15, 0.2) is 46.9 Å². The van der Waals surface area contributed by atoms with Crippen molar-refractivity contribution in [2.75, 3.05) is 5.32 Å². The summed E-state index contributed by atoms with van der Waals surface area (Å²) in [5.74, 6) is -0.219. The van der Waals surface area contributed by atoms with Gasteiger partial charge in [-0.1, -0.05) is 33.6 Å². The van der Waals surface area contributed by atoms with Gasteiger partial charge in [-0.3, -0.25) is 4.79 Å². The number of anilines is 1. The molecule has 2 nitrogen and oxygen atoms in total. The fourth-order valence-electron chi connectivity index (χ4n) is 1.44. The summed E-state index contributed by atoms with van der Waals surface area (Å²) in [4.78, 5) is 12.1. The second-order valence-electron chi connectivity index (χ2n) is 3.59. The molecule has 0 saturated heterocycles. The molecule has 0 radical (unpaired) electrons. The van der Waals surface area contributed by atoms with Gasteiger partial charge in [-0.2, -0.15) is 0 Å². The molecule has 0 heterocycles. The van der Waals surface area contributed by atoms with Gasteiger partial charge in [-0.15, -0.1) is 0 Å². The Bertz CT molecular complexity index is 603.